The van der Waals surface area contributed by atoms with Crippen molar-refractivity contribution in [3.63, 3.8) is 0 Å². The molecular weight excluding hydrogens is 450 g/mol. The van der Waals surface area contributed by atoms with Crippen LogP contribution >= 0.6 is 0 Å². The van der Waals surface area contributed by atoms with Crippen LogP contribution < -0.4 is 0 Å². The van der Waals surface area contributed by atoms with Crippen LogP contribution in [0.2, 0.25) is 0 Å². The summed E-state index contributed by atoms with van der Waals surface area (Å²) in [6.45, 7) is 6.31. The molecule has 7 rings (SSSR count). The van der Waals surface area contributed by atoms with Gasteiger partial charge in [0.1, 0.15) is 22.7 Å². The number of hydrogen-bond acceptors (Lipinski definition) is 4. The van der Waals surface area contributed by atoms with Crippen LogP contribution in [0.1, 0.15) is 49.0 Å². The van der Waals surface area contributed by atoms with Crippen molar-refractivity contribution in [2.45, 2.75) is 51.5 Å². The van der Waals surface area contributed by atoms with Crippen molar-refractivity contribution in [2.75, 3.05) is 19.6 Å². The lowest BCUT2D eigenvalue weighted by Crippen LogP contribution is -2.40. The molecule has 0 bridgehead atoms. The number of furan rings is 1. The highest BCUT2D eigenvalue weighted by Crippen LogP contribution is 2.46. The largest absolute Gasteiger partial charge is 0.461 e. The summed E-state index contributed by atoms with van der Waals surface area (Å²) in [5.41, 5.74) is 4.82. The zero-order chi connectivity index (χ0) is 24.6. The van der Waals surface area contributed by atoms with E-state index in [0.29, 0.717) is 18.4 Å². The highest BCUT2D eigenvalue weighted by Gasteiger charge is 2.57. The van der Waals surface area contributed by atoms with Crippen LogP contribution in [-0.2, 0) is 9.59 Å². The van der Waals surface area contributed by atoms with E-state index in [4.69, 9.17) is 9.41 Å². The summed E-state index contributed by atoms with van der Waals surface area (Å²) < 4.78 is 5.84. The molecule has 184 valence electrons. The summed E-state index contributed by atoms with van der Waals surface area (Å²) in [5.74, 6) is 2.77. The Morgan fingerprint density at radius 3 is 2.47 bits per heavy atom. The van der Waals surface area contributed by atoms with Crippen LogP contribution in [-0.4, -0.2) is 52.6 Å². The molecule has 4 aliphatic rings. The molecule has 36 heavy (non-hydrogen) atoms. The maximum Gasteiger partial charge on any atom is 0.256 e. The Labute approximate surface area is 211 Å². The van der Waals surface area contributed by atoms with Gasteiger partial charge in [-0.2, -0.15) is 0 Å². The third-order valence-corrected chi connectivity index (χ3v) is 8.56. The van der Waals surface area contributed by atoms with E-state index in [-0.39, 0.29) is 11.8 Å². The van der Waals surface area contributed by atoms with Crippen LogP contribution in [0.3, 0.4) is 0 Å². The summed E-state index contributed by atoms with van der Waals surface area (Å²) >= 11 is 0. The third-order valence-electron chi connectivity index (χ3n) is 8.56. The fourth-order valence-electron chi connectivity index (χ4n) is 5.86. The van der Waals surface area contributed by atoms with Gasteiger partial charge in [-0.1, -0.05) is 30.3 Å². The average Bonchev–Trinajstić information content (AvgIpc) is 3.80. The zero-order valence-corrected chi connectivity index (χ0v) is 20.9. The van der Waals surface area contributed by atoms with Crippen molar-refractivity contribution in [3.05, 3.63) is 59.4 Å². The van der Waals surface area contributed by atoms with Gasteiger partial charge in [-0.05, 0) is 80.7 Å². The summed E-state index contributed by atoms with van der Waals surface area (Å²) in [4.78, 5) is 34.8. The fraction of sp³-hybridized carbons (Fsp3) is 0.433. The molecule has 3 fully saturated rings. The quantitative estimate of drug-likeness (QED) is 0.509. The molecule has 1 unspecified atom stereocenters. The number of nitrogens with zero attached hydrogens (tertiary/aromatic N) is 3. The van der Waals surface area contributed by atoms with Gasteiger partial charge >= 0.3 is 0 Å². The van der Waals surface area contributed by atoms with Gasteiger partial charge in [0.25, 0.3) is 5.91 Å². The topological polar surface area (TPSA) is 66.1 Å². The first-order valence-electron chi connectivity index (χ1n) is 13.2. The van der Waals surface area contributed by atoms with Crippen LogP contribution in [0, 0.1) is 25.7 Å². The third kappa shape index (κ3) is 3.49. The number of likely N-dealkylation sites (tertiary alicyclic amines) is 1. The number of rotatable bonds is 5. The molecule has 2 saturated carbocycles. The predicted molar refractivity (Wildman–Crippen MR) is 139 cm³/mol. The predicted octanol–water partition coefficient (Wildman–Crippen LogP) is 5.10. The minimum atomic E-state index is -0.530. The number of amidine groups is 1. The van der Waals surface area contributed by atoms with E-state index in [9.17, 15) is 9.59 Å². The molecule has 6 heteroatoms. The lowest BCUT2D eigenvalue weighted by molar-refractivity contribution is -0.131. The molecular formula is C30H31N3O3. The van der Waals surface area contributed by atoms with Crippen molar-refractivity contribution < 1.29 is 14.0 Å². The second-order valence-electron chi connectivity index (χ2n) is 11.2. The second kappa shape index (κ2) is 7.79. The maximum absolute atomic E-state index is 13.4. The Balaban J connectivity index is 1.13. The minimum Gasteiger partial charge on any atom is -0.461 e. The molecule has 1 atom stereocenters. The number of amides is 2. The first kappa shape index (κ1) is 21.8. The van der Waals surface area contributed by atoms with Crippen LogP contribution in [0.25, 0.3) is 22.1 Å². The highest BCUT2D eigenvalue weighted by molar-refractivity contribution is 6.16. The summed E-state index contributed by atoms with van der Waals surface area (Å²) in [6, 6.07) is 14.7. The molecule has 2 aromatic carbocycles. The van der Waals surface area contributed by atoms with Crippen molar-refractivity contribution >= 4 is 28.6 Å². The van der Waals surface area contributed by atoms with Crippen LogP contribution in [0.5, 0.6) is 0 Å². The summed E-state index contributed by atoms with van der Waals surface area (Å²) in [7, 11) is 0. The standard InChI is InChI=1S/C30H31N3O3/c1-18-19(2)36-26-10-9-24(15-25(18)26)21-3-5-22(6-4-21)27-31-30(12-13-30)29(35)33(27)17-20-11-14-32(16-20)28(34)23-7-8-23/h3-6,9-10,15,20,23H,7-8,11-14,16-17H2,1-2H3. The molecule has 3 heterocycles. The first-order chi connectivity index (χ1) is 17.4. The number of benzene rings is 2. The summed E-state index contributed by atoms with van der Waals surface area (Å²) in [5, 5.41) is 1.15. The van der Waals surface area contributed by atoms with Crippen molar-refractivity contribution in [2.24, 2.45) is 16.8 Å². The summed E-state index contributed by atoms with van der Waals surface area (Å²) in [6.07, 6.45) is 4.70. The molecule has 3 aromatic rings. The van der Waals surface area contributed by atoms with Gasteiger partial charge in [0, 0.05) is 36.5 Å². The van der Waals surface area contributed by atoms with Gasteiger partial charge in [-0.25, -0.2) is 0 Å². The minimum absolute atomic E-state index is 0.143. The first-order valence-corrected chi connectivity index (χ1v) is 13.2. The highest BCUT2D eigenvalue weighted by atomic mass is 16.3. The number of fused-ring (bicyclic) bond motifs is 1. The Morgan fingerprint density at radius 1 is 1.03 bits per heavy atom. The lowest BCUT2D eigenvalue weighted by atomic mass is 10.0. The number of hydrogen-bond donors (Lipinski definition) is 0. The van der Waals surface area contributed by atoms with Crippen LogP contribution in [0.15, 0.2) is 51.9 Å². The Morgan fingerprint density at radius 2 is 1.75 bits per heavy atom. The van der Waals surface area contributed by atoms with Gasteiger partial charge in [-0.3, -0.25) is 19.5 Å². The Hall–Kier alpha value is -3.41. The van der Waals surface area contributed by atoms with Crippen molar-refractivity contribution in [1.29, 1.82) is 0 Å². The van der Waals surface area contributed by atoms with Gasteiger partial charge < -0.3 is 9.32 Å². The van der Waals surface area contributed by atoms with E-state index in [1.54, 1.807) is 0 Å². The van der Waals surface area contributed by atoms with E-state index in [0.717, 1.165) is 84.4 Å². The molecule has 6 nitrogen and oxygen atoms in total. The Kier molecular flexibility index (Phi) is 4.73. The molecule has 2 amide bonds. The maximum atomic E-state index is 13.4. The molecule has 1 aromatic heterocycles. The Bertz CT molecular complexity index is 1430. The van der Waals surface area contributed by atoms with Crippen molar-refractivity contribution in [3.8, 4) is 11.1 Å². The lowest BCUT2D eigenvalue weighted by Gasteiger charge is -2.23. The molecule has 2 aliphatic carbocycles. The van der Waals surface area contributed by atoms with E-state index in [1.807, 2.05) is 22.8 Å². The van der Waals surface area contributed by atoms with Gasteiger partial charge in [0.15, 0.2) is 0 Å². The monoisotopic (exact) mass is 481 g/mol. The number of aryl methyl sites for hydroxylation is 2. The smallest absolute Gasteiger partial charge is 0.256 e. The zero-order valence-electron chi connectivity index (χ0n) is 20.9. The fourth-order valence-corrected chi connectivity index (χ4v) is 5.86. The van der Waals surface area contributed by atoms with Gasteiger partial charge in [0.05, 0.1) is 0 Å². The normalized spacial score (nSPS) is 22.7. The molecule has 2 aliphatic heterocycles. The van der Waals surface area contributed by atoms with Crippen LogP contribution in [0.4, 0.5) is 0 Å². The van der Waals surface area contributed by atoms with Gasteiger partial charge in [-0.15, -0.1) is 0 Å². The molecule has 1 spiro atoms. The average molecular weight is 482 g/mol. The number of aliphatic imine (C=N–C) groups is 1. The molecule has 0 N–H and O–H groups in total. The van der Waals surface area contributed by atoms with E-state index in [2.05, 4.69) is 43.3 Å². The second-order valence-corrected chi connectivity index (χ2v) is 11.2. The molecule has 0 radical (unpaired) electrons. The molecule has 1 saturated heterocycles. The van der Waals surface area contributed by atoms with E-state index >= 15 is 0 Å². The van der Waals surface area contributed by atoms with E-state index in [1.165, 1.54) is 5.56 Å². The van der Waals surface area contributed by atoms with E-state index < -0.39 is 5.54 Å². The number of carbonyl (C=O) groups excluding carboxylic acids is 2. The van der Waals surface area contributed by atoms with Gasteiger partial charge in [0.2, 0.25) is 5.91 Å². The van der Waals surface area contributed by atoms with Crippen molar-refractivity contribution in [1.82, 2.24) is 9.80 Å². The SMILES string of the molecule is Cc1oc2ccc(-c3ccc(C4=NC5(CC5)C(=O)N4CC4CCN(C(=O)C5CC5)C4)cc3)cc2c1C. The number of carbonyl (C=O) groups is 2.